The number of hydrogen-bond donors (Lipinski definition) is 2. The summed E-state index contributed by atoms with van der Waals surface area (Å²) >= 11 is 0. The van der Waals surface area contributed by atoms with Crippen LogP contribution in [0.5, 0.6) is 23.0 Å². The molecule has 2 N–H and O–H groups in total. The molecule has 2 aromatic rings. The standard InChI is InChI=1S/2C7H5NO6.Pb/c2*9-4-2-1-3-5(14-7(10)11)6(4)8(12)13;/h2*1-3,9H,(H,10,11);/q;;+2/p-2. The van der Waals surface area contributed by atoms with Crippen LogP contribution in [0, 0.1) is 20.2 Å². The van der Waals surface area contributed by atoms with E-state index in [1.165, 1.54) is 12.1 Å². The van der Waals surface area contributed by atoms with E-state index in [0.717, 1.165) is 24.3 Å². The fourth-order valence-electron chi connectivity index (χ4n) is 1.72. The monoisotopic (exact) mass is 604 g/mol. The zero-order chi connectivity index (χ0) is 21.4. The van der Waals surface area contributed by atoms with Crippen LogP contribution >= 0.6 is 0 Å². The topological polar surface area (TPSA) is 225 Å². The Kier molecular flexibility index (Phi) is 9.78. The molecule has 0 unspecified atom stereocenters. The first-order valence-corrected chi connectivity index (χ1v) is 6.75. The molecule has 29 heavy (non-hydrogen) atoms. The molecule has 0 aliphatic rings. The van der Waals surface area contributed by atoms with Gasteiger partial charge in [0.25, 0.3) is 0 Å². The van der Waals surface area contributed by atoms with Crippen LogP contribution in [-0.4, -0.2) is 59.7 Å². The summed E-state index contributed by atoms with van der Waals surface area (Å²) in [6, 6.07) is 6.32. The Labute approximate surface area is 180 Å². The number of carbonyl (C=O) groups is 2. The largest absolute Gasteiger partial charge is 2.00 e. The SMILES string of the molecule is O=C(O)Oc1cccc([O-])c1[N+](=O)[O-].O=C(O)Oc1cccc([O-])c1[N+](=O)[O-].[Pb+2]. The van der Waals surface area contributed by atoms with Gasteiger partial charge in [-0.2, -0.15) is 0 Å². The van der Waals surface area contributed by atoms with Gasteiger partial charge in [0, 0.05) is 0 Å². The minimum atomic E-state index is -1.71. The smallest absolute Gasteiger partial charge is 0.868 e. The van der Waals surface area contributed by atoms with Crippen molar-refractivity contribution in [3.8, 4) is 23.0 Å². The van der Waals surface area contributed by atoms with Gasteiger partial charge >= 0.3 is 51.0 Å². The molecule has 15 heteroatoms. The summed E-state index contributed by atoms with van der Waals surface area (Å²) in [5.74, 6) is -2.94. The Bertz CT molecular complexity index is 857. The third kappa shape index (κ3) is 7.44. The number of para-hydroxylation sites is 2. The van der Waals surface area contributed by atoms with Gasteiger partial charge in [-0.1, -0.05) is 24.3 Å². The molecule has 0 saturated heterocycles. The fourth-order valence-corrected chi connectivity index (χ4v) is 1.72. The second kappa shape index (κ2) is 11.2. The van der Waals surface area contributed by atoms with Crippen LogP contribution in [0.1, 0.15) is 0 Å². The van der Waals surface area contributed by atoms with Crippen LogP contribution in [0.15, 0.2) is 36.4 Å². The molecule has 0 amide bonds. The summed E-state index contributed by atoms with van der Waals surface area (Å²) in [5, 5.41) is 59.0. The first kappa shape index (κ1) is 25.3. The van der Waals surface area contributed by atoms with Crippen molar-refractivity contribution in [2.24, 2.45) is 0 Å². The number of nitro benzene ring substituents is 2. The number of nitro groups is 2. The third-order valence-electron chi connectivity index (χ3n) is 2.68. The maximum atomic E-state index is 10.9. The zero-order valence-electron chi connectivity index (χ0n) is 13.8. The van der Waals surface area contributed by atoms with Crippen LogP contribution < -0.4 is 19.7 Å². The van der Waals surface area contributed by atoms with E-state index < -0.39 is 56.5 Å². The molecule has 0 aromatic heterocycles. The van der Waals surface area contributed by atoms with Crippen molar-refractivity contribution in [2.75, 3.05) is 0 Å². The van der Waals surface area contributed by atoms with Gasteiger partial charge in [0.05, 0.1) is 9.85 Å². The maximum Gasteiger partial charge on any atom is 2.00 e. The zero-order valence-corrected chi connectivity index (χ0v) is 17.7. The summed E-state index contributed by atoms with van der Waals surface area (Å²) in [7, 11) is 0. The van der Waals surface area contributed by atoms with Gasteiger partial charge in [-0.15, -0.1) is 0 Å². The predicted molar refractivity (Wildman–Crippen MR) is 88.1 cm³/mol. The molecule has 2 radical (unpaired) electrons. The Morgan fingerprint density at radius 1 is 0.759 bits per heavy atom. The van der Waals surface area contributed by atoms with Gasteiger partial charge < -0.3 is 29.9 Å². The molecule has 0 aliphatic heterocycles. The normalized spacial score (nSPS) is 9.10. The Morgan fingerprint density at radius 2 is 1.07 bits per heavy atom. The van der Waals surface area contributed by atoms with E-state index in [4.69, 9.17) is 10.2 Å². The van der Waals surface area contributed by atoms with Gasteiger partial charge in [-0.3, -0.25) is 20.2 Å². The van der Waals surface area contributed by atoms with E-state index >= 15 is 0 Å². The molecule has 0 bridgehead atoms. The van der Waals surface area contributed by atoms with E-state index in [1.807, 2.05) is 0 Å². The molecule has 0 spiro atoms. The van der Waals surface area contributed by atoms with E-state index in [-0.39, 0.29) is 27.3 Å². The number of ether oxygens (including phenoxy) is 2. The van der Waals surface area contributed by atoms with Crippen molar-refractivity contribution >= 4 is 51.0 Å². The van der Waals surface area contributed by atoms with Crippen molar-refractivity contribution in [1.29, 1.82) is 0 Å². The molecule has 2 aromatic carbocycles. The summed E-state index contributed by atoms with van der Waals surface area (Å²) in [6.07, 6.45) is -3.42. The second-order valence-electron chi connectivity index (χ2n) is 4.46. The number of nitrogens with zero attached hydrogens (tertiary/aromatic N) is 2. The molecule has 0 atom stereocenters. The quantitative estimate of drug-likeness (QED) is 0.165. The number of hydrogen-bond acceptors (Lipinski definition) is 10. The van der Waals surface area contributed by atoms with E-state index in [0.29, 0.717) is 0 Å². The van der Waals surface area contributed by atoms with Crippen molar-refractivity contribution in [1.82, 2.24) is 0 Å². The van der Waals surface area contributed by atoms with Crippen LogP contribution in [0.2, 0.25) is 0 Å². The fraction of sp³-hybridized carbons (Fsp3) is 0. The van der Waals surface area contributed by atoms with E-state index in [1.54, 1.807) is 0 Å². The Balaban J connectivity index is 0.000000523. The van der Waals surface area contributed by atoms with Crippen LogP contribution in [-0.2, 0) is 0 Å². The molecule has 0 aliphatic carbocycles. The van der Waals surface area contributed by atoms with Crippen molar-refractivity contribution < 1.29 is 49.3 Å². The average molecular weight is 603 g/mol. The van der Waals surface area contributed by atoms with Gasteiger partial charge in [0.2, 0.25) is 11.5 Å². The minimum Gasteiger partial charge on any atom is -0.868 e. The summed E-state index contributed by atoms with van der Waals surface area (Å²) in [6.45, 7) is 0. The summed E-state index contributed by atoms with van der Waals surface area (Å²) in [5.41, 5.74) is -1.76. The van der Waals surface area contributed by atoms with Crippen molar-refractivity contribution in [2.45, 2.75) is 0 Å². The predicted octanol–water partition coefficient (Wildman–Crippen LogP) is 1.07. The third-order valence-corrected chi connectivity index (χ3v) is 2.68. The van der Waals surface area contributed by atoms with Crippen molar-refractivity contribution in [3.63, 3.8) is 0 Å². The van der Waals surface area contributed by atoms with Gasteiger partial charge in [0.1, 0.15) is 0 Å². The molecule has 0 saturated carbocycles. The molecule has 14 nitrogen and oxygen atoms in total. The second-order valence-corrected chi connectivity index (χ2v) is 4.46. The first-order chi connectivity index (χ1) is 13.0. The first-order valence-electron chi connectivity index (χ1n) is 6.75. The molecular weight excluding hydrogens is 595 g/mol. The average Bonchev–Trinajstić information content (AvgIpc) is 2.53. The van der Waals surface area contributed by atoms with E-state index in [2.05, 4.69) is 9.47 Å². The molecule has 2 rings (SSSR count). The van der Waals surface area contributed by atoms with Crippen molar-refractivity contribution in [3.05, 3.63) is 56.6 Å². The van der Waals surface area contributed by atoms with Gasteiger partial charge in [-0.25, -0.2) is 9.59 Å². The number of rotatable bonds is 4. The summed E-state index contributed by atoms with van der Waals surface area (Å²) in [4.78, 5) is 39.0. The number of carboxylic acid groups (broad SMARTS) is 2. The molecular formula is C14H8N2O12Pb. The van der Waals surface area contributed by atoms with Crippen LogP contribution in [0.4, 0.5) is 21.0 Å². The summed E-state index contributed by atoms with van der Waals surface area (Å²) < 4.78 is 8.12. The molecule has 150 valence electrons. The molecule has 0 fully saturated rings. The van der Waals surface area contributed by atoms with Gasteiger partial charge in [-0.05, 0) is 23.6 Å². The van der Waals surface area contributed by atoms with Crippen LogP contribution in [0.3, 0.4) is 0 Å². The van der Waals surface area contributed by atoms with Gasteiger partial charge in [0.15, 0.2) is 0 Å². The Hall–Kier alpha value is -3.70. The molecule has 0 heterocycles. The van der Waals surface area contributed by atoms with Crippen LogP contribution in [0.25, 0.3) is 0 Å². The maximum absolute atomic E-state index is 10.9. The minimum absolute atomic E-state index is 0. The number of benzene rings is 2. The van der Waals surface area contributed by atoms with E-state index in [9.17, 15) is 40.0 Å². The Morgan fingerprint density at radius 3 is 1.31 bits per heavy atom.